The highest BCUT2D eigenvalue weighted by Crippen LogP contribution is 2.49. The van der Waals surface area contributed by atoms with Crippen LogP contribution in [0.3, 0.4) is 0 Å². The Kier molecular flexibility index (Phi) is 4.30. The van der Waals surface area contributed by atoms with E-state index in [0.717, 1.165) is 6.08 Å². The molecule has 1 aromatic rings. The lowest BCUT2D eigenvalue weighted by Gasteiger charge is -2.39. The molecule has 0 fully saturated rings. The van der Waals surface area contributed by atoms with Crippen molar-refractivity contribution in [2.24, 2.45) is 0 Å². The van der Waals surface area contributed by atoms with Gasteiger partial charge in [0.2, 0.25) is 5.78 Å². The number of fused-ring (bicyclic) bond motifs is 2. The summed E-state index contributed by atoms with van der Waals surface area (Å²) in [5, 5.41) is 54.6. The standard InChI is InChI=1S/C18H21NO7/c1-3-4-19-8-5-9(20)11-12(14(8)22)13(21)7-6-18(2,26)17(25)16(24)10(7)15(11)23/h5,16-17,19,21,23-26H,3-4,6H2,1-2H3. The molecule has 3 unspecified atom stereocenters. The number of Topliss-reactive ketones (excluding diaryl/α,β-unsaturated/α-hetero) is 1. The summed E-state index contributed by atoms with van der Waals surface area (Å²) in [5.41, 5.74) is -2.89. The molecule has 0 saturated carbocycles. The Balaban J connectivity index is 2.24. The van der Waals surface area contributed by atoms with Gasteiger partial charge < -0.3 is 30.8 Å². The van der Waals surface area contributed by atoms with Crippen LogP contribution in [0.1, 0.15) is 58.2 Å². The highest BCUT2D eigenvalue weighted by molar-refractivity contribution is 6.26. The van der Waals surface area contributed by atoms with E-state index in [1.165, 1.54) is 6.92 Å². The number of ketones is 2. The van der Waals surface area contributed by atoms with Crippen LogP contribution in [0.2, 0.25) is 0 Å². The maximum Gasteiger partial charge on any atom is 0.213 e. The van der Waals surface area contributed by atoms with Crippen LogP contribution < -0.4 is 5.32 Å². The fourth-order valence-corrected chi connectivity index (χ4v) is 3.51. The molecule has 26 heavy (non-hydrogen) atoms. The van der Waals surface area contributed by atoms with E-state index in [-0.39, 0.29) is 28.8 Å². The van der Waals surface area contributed by atoms with Gasteiger partial charge in [0.1, 0.15) is 23.7 Å². The molecule has 2 aliphatic carbocycles. The molecule has 3 atom stereocenters. The molecule has 0 heterocycles. The van der Waals surface area contributed by atoms with Gasteiger partial charge >= 0.3 is 0 Å². The molecule has 1 aromatic carbocycles. The minimum absolute atomic E-state index is 0.00199. The van der Waals surface area contributed by atoms with Crippen molar-refractivity contribution >= 4 is 11.6 Å². The summed E-state index contributed by atoms with van der Waals surface area (Å²) in [6, 6.07) is 0. The van der Waals surface area contributed by atoms with Crippen molar-refractivity contribution in [3.63, 3.8) is 0 Å². The van der Waals surface area contributed by atoms with Crippen molar-refractivity contribution in [1.29, 1.82) is 0 Å². The molecule has 0 aliphatic heterocycles. The predicted octanol–water partition coefficient (Wildman–Crippen LogP) is 0.0617. The normalized spacial score (nSPS) is 27.7. The van der Waals surface area contributed by atoms with Crippen LogP contribution in [0.5, 0.6) is 11.5 Å². The largest absolute Gasteiger partial charge is 0.507 e. The second-order valence-electron chi connectivity index (χ2n) is 6.94. The number of aromatic hydroxyl groups is 2. The highest BCUT2D eigenvalue weighted by atomic mass is 16.4. The zero-order valence-corrected chi connectivity index (χ0v) is 14.4. The summed E-state index contributed by atoms with van der Waals surface area (Å²) in [6.45, 7) is 3.59. The van der Waals surface area contributed by atoms with E-state index in [9.17, 15) is 35.1 Å². The van der Waals surface area contributed by atoms with Gasteiger partial charge in [-0.1, -0.05) is 6.92 Å². The summed E-state index contributed by atoms with van der Waals surface area (Å²) in [5.74, 6) is -2.61. The quantitative estimate of drug-likeness (QED) is 0.413. The fourth-order valence-electron chi connectivity index (χ4n) is 3.51. The summed E-state index contributed by atoms with van der Waals surface area (Å²) in [7, 11) is 0. The first-order valence-electron chi connectivity index (χ1n) is 8.35. The second kappa shape index (κ2) is 6.08. The Bertz CT molecular complexity index is 841. The average Bonchev–Trinajstić information content (AvgIpc) is 2.57. The van der Waals surface area contributed by atoms with Crippen LogP contribution in [0.4, 0.5) is 0 Å². The molecule has 0 aromatic heterocycles. The van der Waals surface area contributed by atoms with Gasteiger partial charge in [-0.15, -0.1) is 0 Å². The number of hydrogen-bond donors (Lipinski definition) is 6. The van der Waals surface area contributed by atoms with Gasteiger partial charge in [0, 0.05) is 30.2 Å². The van der Waals surface area contributed by atoms with Gasteiger partial charge in [-0.3, -0.25) is 9.59 Å². The Morgan fingerprint density at radius 3 is 2.46 bits per heavy atom. The summed E-state index contributed by atoms with van der Waals surface area (Å²) >= 11 is 0. The predicted molar refractivity (Wildman–Crippen MR) is 90.1 cm³/mol. The van der Waals surface area contributed by atoms with Crippen LogP contribution in [-0.2, 0) is 6.42 Å². The Morgan fingerprint density at radius 1 is 1.19 bits per heavy atom. The van der Waals surface area contributed by atoms with Crippen LogP contribution in [0.25, 0.3) is 0 Å². The molecule has 6 N–H and O–H groups in total. The number of carbonyl (C=O) groups excluding carboxylic acids is 2. The van der Waals surface area contributed by atoms with Crippen LogP contribution in [0.15, 0.2) is 11.8 Å². The van der Waals surface area contributed by atoms with Crippen molar-refractivity contribution in [3.05, 3.63) is 34.0 Å². The number of carbonyl (C=O) groups is 2. The van der Waals surface area contributed by atoms with E-state index < -0.39 is 46.4 Å². The van der Waals surface area contributed by atoms with Crippen LogP contribution >= 0.6 is 0 Å². The number of phenolic OH excluding ortho intramolecular Hbond substituents is 2. The van der Waals surface area contributed by atoms with Crippen molar-refractivity contribution in [3.8, 4) is 11.5 Å². The minimum atomic E-state index is -1.79. The number of hydrogen-bond acceptors (Lipinski definition) is 8. The average molecular weight is 363 g/mol. The first kappa shape index (κ1) is 18.4. The number of benzene rings is 1. The van der Waals surface area contributed by atoms with E-state index in [0.29, 0.717) is 13.0 Å². The smallest absolute Gasteiger partial charge is 0.213 e. The topological polar surface area (TPSA) is 147 Å². The molecule has 0 spiro atoms. The third-order valence-corrected chi connectivity index (χ3v) is 4.92. The molecule has 0 amide bonds. The summed E-state index contributed by atoms with van der Waals surface area (Å²) in [4.78, 5) is 25.2. The second-order valence-corrected chi connectivity index (χ2v) is 6.94. The number of aliphatic hydroxyl groups excluding tert-OH is 2. The van der Waals surface area contributed by atoms with Crippen LogP contribution in [-0.4, -0.2) is 55.3 Å². The van der Waals surface area contributed by atoms with Gasteiger partial charge in [0.15, 0.2) is 5.78 Å². The third-order valence-electron chi connectivity index (χ3n) is 4.92. The molecule has 3 rings (SSSR count). The van der Waals surface area contributed by atoms with E-state index >= 15 is 0 Å². The van der Waals surface area contributed by atoms with Crippen molar-refractivity contribution in [2.75, 3.05) is 6.54 Å². The molecule has 0 radical (unpaired) electrons. The number of aliphatic hydroxyl groups is 3. The summed E-state index contributed by atoms with van der Waals surface area (Å²) < 4.78 is 0. The number of allylic oxidation sites excluding steroid dienone is 2. The summed E-state index contributed by atoms with van der Waals surface area (Å²) in [6.07, 6.45) is -1.93. The van der Waals surface area contributed by atoms with Gasteiger partial charge in [-0.05, 0) is 13.3 Å². The van der Waals surface area contributed by atoms with E-state index in [1.54, 1.807) is 0 Å². The van der Waals surface area contributed by atoms with E-state index in [4.69, 9.17) is 0 Å². The molecular formula is C18H21NO7. The molecule has 2 aliphatic rings. The third kappa shape index (κ3) is 2.49. The molecule has 8 heteroatoms. The highest BCUT2D eigenvalue weighted by Gasteiger charge is 2.47. The maximum atomic E-state index is 12.7. The lowest BCUT2D eigenvalue weighted by Crippen LogP contribution is -2.48. The Morgan fingerprint density at radius 2 is 1.85 bits per heavy atom. The lowest BCUT2D eigenvalue weighted by atomic mass is 9.73. The van der Waals surface area contributed by atoms with Gasteiger partial charge in [0.05, 0.1) is 22.4 Å². The minimum Gasteiger partial charge on any atom is -0.507 e. The van der Waals surface area contributed by atoms with Gasteiger partial charge in [-0.2, -0.15) is 0 Å². The van der Waals surface area contributed by atoms with Gasteiger partial charge in [-0.25, -0.2) is 0 Å². The zero-order chi connectivity index (χ0) is 19.4. The molecular weight excluding hydrogens is 342 g/mol. The van der Waals surface area contributed by atoms with E-state index in [1.807, 2.05) is 6.92 Å². The van der Waals surface area contributed by atoms with E-state index in [2.05, 4.69) is 5.32 Å². The fraction of sp³-hybridized carbons (Fsp3) is 0.444. The molecule has 8 nitrogen and oxygen atoms in total. The Labute approximate surface area is 149 Å². The van der Waals surface area contributed by atoms with Crippen molar-refractivity contribution in [2.45, 2.75) is 44.5 Å². The number of nitrogens with one attached hydrogen (secondary N) is 1. The molecule has 140 valence electrons. The first-order valence-corrected chi connectivity index (χ1v) is 8.35. The molecule has 0 bridgehead atoms. The van der Waals surface area contributed by atoms with Crippen molar-refractivity contribution in [1.82, 2.24) is 5.32 Å². The van der Waals surface area contributed by atoms with Crippen LogP contribution in [0, 0.1) is 0 Å². The zero-order valence-electron chi connectivity index (χ0n) is 14.4. The number of phenols is 2. The molecule has 0 saturated heterocycles. The van der Waals surface area contributed by atoms with Crippen molar-refractivity contribution < 1.29 is 35.1 Å². The SMILES string of the molecule is CCCNC1=CC(=O)c2c(O)c3c(c(O)c2C1=O)CC(C)(O)C(O)C3O. The maximum absolute atomic E-state index is 12.7. The monoisotopic (exact) mass is 363 g/mol. The first-order chi connectivity index (χ1) is 12.1. The number of rotatable bonds is 3. The lowest BCUT2D eigenvalue weighted by molar-refractivity contribution is -0.126. The Hall–Kier alpha value is -2.42. The van der Waals surface area contributed by atoms with Gasteiger partial charge in [0.25, 0.3) is 0 Å².